The van der Waals surface area contributed by atoms with Crippen LogP contribution in [0, 0.1) is 13.8 Å². The quantitative estimate of drug-likeness (QED) is 0.753. The summed E-state index contributed by atoms with van der Waals surface area (Å²) in [7, 11) is -1.90. The van der Waals surface area contributed by atoms with Gasteiger partial charge in [0.2, 0.25) is 0 Å². The molecule has 1 aliphatic rings. The van der Waals surface area contributed by atoms with Gasteiger partial charge in [0, 0.05) is 31.7 Å². The number of carbonyl (C=O) groups excluding carboxylic acids is 1. The van der Waals surface area contributed by atoms with E-state index in [1.165, 1.54) is 12.1 Å². The van der Waals surface area contributed by atoms with Crippen molar-refractivity contribution in [3.8, 4) is 5.75 Å². The molecule has 1 saturated heterocycles. The Kier molecular flexibility index (Phi) is 5.53. The van der Waals surface area contributed by atoms with Crippen molar-refractivity contribution in [2.45, 2.75) is 18.7 Å². The third-order valence-electron chi connectivity index (χ3n) is 4.71. The normalized spacial score (nSPS) is 15.6. The largest absolute Gasteiger partial charge is 0.379 e. The molecule has 0 spiro atoms. The van der Waals surface area contributed by atoms with Crippen molar-refractivity contribution < 1.29 is 17.4 Å². The second-order valence-electron chi connectivity index (χ2n) is 6.93. The van der Waals surface area contributed by atoms with Gasteiger partial charge in [-0.3, -0.25) is 4.79 Å². The number of carbonyl (C=O) groups is 1. The van der Waals surface area contributed by atoms with Crippen molar-refractivity contribution in [1.29, 1.82) is 0 Å². The number of piperazine rings is 1. The van der Waals surface area contributed by atoms with Crippen molar-refractivity contribution in [2.75, 3.05) is 33.2 Å². The topological polar surface area (TPSA) is 66.9 Å². The first-order valence-corrected chi connectivity index (χ1v) is 10.3. The average Bonchev–Trinajstić information content (AvgIpc) is 2.64. The number of rotatable bonds is 4. The zero-order valence-electron chi connectivity index (χ0n) is 15.8. The Balaban J connectivity index is 1.74. The molecule has 0 unspecified atom stereocenters. The first-order valence-electron chi connectivity index (χ1n) is 8.86. The van der Waals surface area contributed by atoms with Crippen LogP contribution >= 0.6 is 0 Å². The van der Waals surface area contributed by atoms with E-state index in [9.17, 15) is 13.2 Å². The van der Waals surface area contributed by atoms with Crippen LogP contribution in [0.15, 0.2) is 47.4 Å². The van der Waals surface area contributed by atoms with Gasteiger partial charge in [-0.15, -0.1) is 0 Å². The number of amides is 1. The molecule has 0 aliphatic carbocycles. The SMILES string of the molecule is Cc1ccc(C)c(S(=O)(=O)Oc2ccc(C(=O)N3CCN(C)CC3)cc2)c1. The molecule has 1 fully saturated rings. The molecule has 0 N–H and O–H groups in total. The van der Waals surface area contributed by atoms with Gasteiger partial charge in [-0.2, -0.15) is 8.42 Å². The minimum Gasteiger partial charge on any atom is -0.379 e. The number of likely N-dealkylation sites (N-methyl/N-ethyl adjacent to an activating group) is 1. The molecule has 0 bridgehead atoms. The number of hydrogen-bond acceptors (Lipinski definition) is 5. The van der Waals surface area contributed by atoms with Gasteiger partial charge in [-0.05, 0) is 62.4 Å². The number of benzene rings is 2. The molecular weight excluding hydrogens is 364 g/mol. The van der Waals surface area contributed by atoms with Crippen LogP contribution in [-0.4, -0.2) is 57.4 Å². The Hall–Kier alpha value is -2.38. The van der Waals surface area contributed by atoms with E-state index in [0.717, 1.165) is 18.7 Å². The molecule has 2 aromatic carbocycles. The Morgan fingerprint density at radius 2 is 1.59 bits per heavy atom. The molecule has 7 heteroatoms. The molecule has 0 aromatic heterocycles. The molecule has 0 atom stereocenters. The maximum atomic E-state index is 12.6. The van der Waals surface area contributed by atoms with Crippen molar-refractivity contribution in [3.63, 3.8) is 0 Å². The highest BCUT2D eigenvalue weighted by molar-refractivity contribution is 7.87. The van der Waals surface area contributed by atoms with E-state index >= 15 is 0 Å². The van der Waals surface area contributed by atoms with E-state index in [1.807, 2.05) is 24.9 Å². The Morgan fingerprint density at radius 1 is 0.963 bits per heavy atom. The fourth-order valence-corrected chi connectivity index (χ4v) is 4.24. The lowest BCUT2D eigenvalue weighted by atomic mass is 10.2. The molecule has 1 aliphatic heterocycles. The highest BCUT2D eigenvalue weighted by Crippen LogP contribution is 2.23. The van der Waals surface area contributed by atoms with Crippen molar-refractivity contribution in [2.24, 2.45) is 0 Å². The van der Waals surface area contributed by atoms with Gasteiger partial charge < -0.3 is 14.0 Å². The van der Waals surface area contributed by atoms with Crippen LogP contribution in [-0.2, 0) is 10.1 Å². The summed E-state index contributed by atoms with van der Waals surface area (Å²) in [5.74, 6) is 0.137. The number of aryl methyl sites for hydroxylation is 2. The van der Waals surface area contributed by atoms with Crippen molar-refractivity contribution in [1.82, 2.24) is 9.80 Å². The Morgan fingerprint density at radius 3 is 2.22 bits per heavy atom. The van der Waals surface area contributed by atoms with Crippen LogP contribution in [0.4, 0.5) is 0 Å². The average molecular weight is 388 g/mol. The highest BCUT2D eigenvalue weighted by Gasteiger charge is 2.22. The predicted octanol–water partition coefficient (Wildman–Crippen LogP) is 2.46. The molecule has 27 heavy (non-hydrogen) atoms. The second kappa shape index (κ2) is 7.70. The molecule has 6 nitrogen and oxygen atoms in total. The summed E-state index contributed by atoms with van der Waals surface area (Å²) in [6.45, 7) is 6.63. The van der Waals surface area contributed by atoms with Crippen LogP contribution in [0.25, 0.3) is 0 Å². The maximum absolute atomic E-state index is 12.6. The molecule has 0 saturated carbocycles. The zero-order valence-corrected chi connectivity index (χ0v) is 16.6. The van der Waals surface area contributed by atoms with Gasteiger partial charge >= 0.3 is 10.1 Å². The summed E-state index contributed by atoms with van der Waals surface area (Å²) < 4.78 is 30.4. The molecule has 1 amide bonds. The van der Waals surface area contributed by atoms with Crippen LogP contribution in [0.5, 0.6) is 5.75 Å². The lowest BCUT2D eigenvalue weighted by Crippen LogP contribution is -2.47. The lowest BCUT2D eigenvalue weighted by Gasteiger charge is -2.32. The predicted molar refractivity (Wildman–Crippen MR) is 104 cm³/mol. The van der Waals surface area contributed by atoms with E-state index in [4.69, 9.17) is 4.18 Å². The van der Waals surface area contributed by atoms with Crippen molar-refractivity contribution in [3.05, 3.63) is 59.2 Å². The molecule has 2 aromatic rings. The number of nitrogens with zero attached hydrogens (tertiary/aromatic N) is 2. The van der Waals surface area contributed by atoms with Gasteiger partial charge in [-0.25, -0.2) is 0 Å². The maximum Gasteiger partial charge on any atom is 0.339 e. The highest BCUT2D eigenvalue weighted by atomic mass is 32.2. The molecular formula is C20H24N2O4S. The van der Waals surface area contributed by atoms with E-state index in [-0.39, 0.29) is 16.6 Å². The van der Waals surface area contributed by atoms with Gasteiger partial charge in [0.05, 0.1) is 0 Å². The summed E-state index contributed by atoms with van der Waals surface area (Å²) in [5, 5.41) is 0. The lowest BCUT2D eigenvalue weighted by molar-refractivity contribution is 0.0664. The van der Waals surface area contributed by atoms with Gasteiger partial charge in [-0.1, -0.05) is 12.1 Å². The van der Waals surface area contributed by atoms with Crippen LogP contribution in [0.3, 0.4) is 0 Å². The molecule has 3 rings (SSSR count). The molecule has 144 valence electrons. The molecule has 1 heterocycles. The first kappa shape index (κ1) is 19.4. The summed E-state index contributed by atoms with van der Waals surface area (Å²) >= 11 is 0. The summed E-state index contributed by atoms with van der Waals surface area (Å²) in [5.41, 5.74) is 1.99. The fraction of sp³-hybridized carbons (Fsp3) is 0.350. The van der Waals surface area contributed by atoms with Crippen LogP contribution < -0.4 is 4.18 Å². The smallest absolute Gasteiger partial charge is 0.339 e. The third kappa shape index (κ3) is 4.48. The van der Waals surface area contributed by atoms with Gasteiger partial charge in [0.15, 0.2) is 0 Å². The second-order valence-corrected chi connectivity index (χ2v) is 8.44. The van der Waals surface area contributed by atoms with E-state index in [1.54, 1.807) is 31.2 Å². The zero-order chi connectivity index (χ0) is 19.6. The van der Waals surface area contributed by atoms with E-state index < -0.39 is 10.1 Å². The van der Waals surface area contributed by atoms with Crippen molar-refractivity contribution >= 4 is 16.0 Å². The monoisotopic (exact) mass is 388 g/mol. The Bertz CT molecular complexity index is 931. The minimum atomic E-state index is -3.93. The standard InChI is InChI=1S/C20H24N2O4S/c1-15-4-5-16(2)19(14-15)27(24,25)26-18-8-6-17(7-9-18)20(23)22-12-10-21(3)11-13-22/h4-9,14H,10-13H2,1-3H3. The summed E-state index contributed by atoms with van der Waals surface area (Å²) in [4.78, 5) is 16.7. The third-order valence-corrected chi connectivity index (χ3v) is 6.10. The van der Waals surface area contributed by atoms with E-state index in [2.05, 4.69) is 4.90 Å². The number of hydrogen-bond donors (Lipinski definition) is 0. The Labute approximate surface area is 160 Å². The van der Waals surface area contributed by atoms with E-state index in [0.29, 0.717) is 24.2 Å². The minimum absolute atomic E-state index is 0.0490. The summed E-state index contributed by atoms with van der Waals surface area (Å²) in [6, 6.07) is 11.5. The molecule has 0 radical (unpaired) electrons. The van der Waals surface area contributed by atoms with Crippen LogP contribution in [0.2, 0.25) is 0 Å². The summed E-state index contributed by atoms with van der Waals surface area (Å²) in [6.07, 6.45) is 0. The van der Waals surface area contributed by atoms with Crippen LogP contribution in [0.1, 0.15) is 21.5 Å². The van der Waals surface area contributed by atoms with Gasteiger partial charge in [0.1, 0.15) is 10.6 Å². The van der Waals surface area contributed by atoms with Gasteiger partial charge in [0.25, 0.3) is 5.91 Å². The fourth-order valence-electron chi connectivity index (χ4n) is 2.99. The first-order chi connectivity index (χ1) is 12.8.